The van der Waals surface area contributed by atoms with Crippen LogP contribution in [0, 0.1) is 0 Å². The standard InChI is InChI=1S/C35H60N5O6P/c1-4-5-6-7-8-9-10-11-12-13-14-15-16-17-18-22-25-45-29(2)39-27-40(30(3)46-28-47(42,43)44)33-32(39)34(41)38(35(36)37-33)26-31-23-20-19-21-24-31/h19-21,23-24,29-30H,4-18,22,25-28H2,1-3H3,(H2,36,37)(H2,42,43,44). The van der Waals surface area contributed by atoms with E-state index < -0.39 is 26.4 Å². The van der Waals surface area contributed by atoms with E-state index in [1.165, 1.54) is 94.5 Å². The molecule has 2 aromatic rings. The molecule has 0 spiro atoms. The van der Waals surface area contributed by atoms with Crippen molar-refractivity contribution >= 4 is 25.0 Å². The maximum atomic E-state index is 13.9. The molecule has 47 heavy (non-hydrogen) atoms. The number of hydrogen-bond acceptors (Lipinski definition) is 8. The summed E-state index contributed by atoms with van der Waals surface area (Å²) >= 11 is 0. The van der Waals surface area contributed by atoms with Crippen LogP contribution in [-0.2, 0) is 20.6 Å². The maximum Gasteiger partial charge on any atom is 0.351 e. The Labute approximate surface area is 282 Å². The van der Waals surface area contributed by atoms with Gasteiger partial charge >= 0.3 is 7.60 Å². The molecule has 0 bridgehead atoms. The van der Waals surface area contributed by atoms with E-state index in [9.17, 15) is 19.1 Å². The molecule has 2 heterocycles. The second kappa shape index (κ2) is 20.8. The minimum atomic E-state index is -4.38. The average molecular weight is 678 g/mol. The van der Waals surface area contributed by atoms with Crippen LogP contribution < -0.4 is 21.1 Å². The van der Waals surface area contributed by atoms with Gasteiger partial charge in [0.2, 0.25) is 5.95 Å². The fourth-order valence-electron chi connectivity index (χ4n) is 6.09. The van der Waals surface area contributed by atoms with E-state index in [0.717, 1.165) is 18.4 Å². The monoisotopic (exact) mass is 677 g/mol. The molecule has 0 aliphatic carbocycles. The van der Waals surface area contributed by atoms with Gasteiger partial charge in [0.25, 0.3) is 5.56 Å². The largest absolute Gasteiger partial charge is 0.369 e. The molecule has 0 saturated heterocycles. The normalized spacial score (nSPS) is 14.5. The van der Waals surface area contributed by atoms with Crippen LogP contribution in [-0.4, -0.2) is 51.4 Å². The molecule has 0 amide bonds. The molecule has 0 fully saturated rings. The number of benzene rings is 1. The van der Waals surface area contributed by atoms with Crippen molar-refractivity contribution in [3.05, 3.63) is 46.2 Å². The smallest absolute Gasteiger partial charge is 0.351 e. The van der Waals surface area contributed by atoms with Crippen LogP contribution in [0.15, 0.2) is 35.1 Å². The SMILES string of the molecule is CCCCCCCCCCCCCCCCCCOC(C)N1CN(C(C)OCP(=O)(O)O)c2nc(N)n(Cc3ccccc3)c(=O)c21. The van der Waals surface area contributed by atoms with Gasteiger partial charge in [0.1, 0.15) is 12.5 Å². The highest BCUT2D eigenvalue weighted by atomic mass is 31.2. The molecule has 1 aliphatic heterocycles. The Balaban J connectivity index is 1.45. The molecular formula is C35H60N5O6P. The van der Waals surface area contributed by atoms with Crippen LogP contribution in [0.1, 0.15) is 129 Å². The molecular weight excluding hydrogens is 617 g/mol. The number of aromatic nitrogens is 2. The van der Waals surface area contributed by atoms with Gasteiger partial charge in [-0.25, -0.2) is 0 Å². The summed E-state index contributed by atoms with van der Waals surface area (Å²) in [6.07, 6.45) is 19.0. The van der Waals surface area contributed by atoms with E-state index in [2.05, 4.69) is 11.9 Å². The predicted molar refractivity (Wildman–Crippen MR) is 191 cm³/mol. The van der Waals surface area contributed by atoms with E-state index >= 15 is 0 Å². The van der Waals surface area contributed by atoms with Gasteiger partial charge in [0, 0.05) is 6.61 Å². The van der Waals surface area contributed by atoms with Crippen LogP contribution in [0.4, 0.5) is 17.5 Å². The number of ether oxygens (including phenoxy) is 2. The van der Waals surface area contributed by atoms with E-state index in [1.54, 1.807) is 11.8 Å². The lowest BCUT2D eigenvalue weighted by Crippen LogP contribution is -2.43. The quantitative estimate of drug-likeness (QED) is 0.0711. The Kier molecular flexibility index (Phi) is 17.3. The number of unbranched alkanes of at least 4 members (excludes halogenated alkanes) is 15. The lowest BCUT2D eigenvalue weighted by atomic mass is 10.0. The first-order valence-electron chi connectivity index (χ1n) is 17.9. The highest BCUT2D eigenvalue weighted by Crippen LogP contribution is 2.38. The first-order chi connectivity index (χ1) is 22.6. The molecule has 0 radical (unpaired) electrons. The zero-order valence-electron chi connectivity index (χ0n) is 29.0. The molecule has 2 atom stereocenters. The Morgan fingerprint density at radius 1 is 0.809 bits per heavy atom. The van der Waals surface area contributed by atoms with E-state index in [1.807, 2.05) is 42.2 Å². The summed E-state index contributed by atoms with van der Waals surface area (Å²) in [6, 6.07) is 9.56. The van der Waals surface area contributed by atoms with Crippen LogP contribution in [0.3, 0.4) is 0 Å². The number of nitrogen functional groups attached to an aromatic ring is 1. The summed E-state index contributed by atoms with van der Waals surface area (Å²) in [7, 11) is -4.38. The van der Waals surface area contributed by atoms with Gasteiger partial charge in [-0.15, -0.1) is 0 Å². The maximum absolute atomic E-state index is 13.9. The van der Waals surface area contributed by atoms with Gasteiger partial charge in [-0.05, 0) is 25.8 Å². The van der Waals surface area contributed by atoms with Crippen molar-refractivity contribution in [2.75, 3.05) is 35.2 Å². The molecule has 4 N–H and O–H groups in total. The Hall–Kier alpha value is -2.43. The number of nitrogens with zero attached hydrogens (tertiary/aromatic N) is 4. The summed E-state index contributed by atoms with van der Waals surface area (Å²) in [4.78, 5) is 40.6. The van der Waals surface area contributed by atoms with Gasteiger partial charge in [-0.3, -0.25) is 13.9 Å². The Bertz CT molecular complexity index is 1270. The summed E-state index contributed by atoms with van der Waals surface area (Å²) in [5.41, 5.74) is 7.23. The molecule has 3 rings (SSSR count). The van der Waals surface area contributed by atoms with Gasteiger partial charge in [0.05, 0.1) is 13.2 Å². The van der Waals surface area contributed by atoms with Gasteiger partial charge < -0.3 is 34.8 Å². The fourth-order valence-corrected chi connectivity index (χ4v) is 6.50. The Morgan fingerprint density at radius 3 is 1.85 bits per heavy atom. The lowest BCUT2D eigenvalue weighted by molar-refractivity contribution is 0.0561. The van der Waals surface area contributed by atoms with E-state index in [-0.39, 0.29) is 24.7 Å². The highest BCUT2D eigenvalue weighted by Gasteiger charge is 2.38. The third-order valence-electron chi connectivity index (χ3n) is 8.92. The van der Waals surface area contributed by atoms with Crippen molar-refractivity contribution in [3.63, 3.8) is 0 Å². The van der Waals surface area contributed by atoms with Gasteiger partial charge in [-0.2, -0.15) is 4.98 Å². The van der Waals surface area contributed by atoms with Crippen molar-refractivity contribution in [3.8, 4) is 0 Å². The molecule has 1 aliphatic rings. The van der Waals surface area contributed by atoms with Crippen LogP contribution in [0.5, 0.6) is 0 Å². The lowest BCUT2D eigenvalue weighted by Gasteiger charge is -2.29. The molecule has 0 saturated carbocycles. The predicted octanol–water partition coefficient (Wildman–Crippen LogP) is 7.58. The molecule has 2 unspecified atom stereocenters. The summed E-state index contributed by atoms with van der Waals surface area (Å²) in [5.74, 6) is 0.362. The minimum Gasteiger partial charge on any atom is -0.369 e. The summed E-state index contributed by atoms with van der Waals surface area (Å²) < 4.78 is 24.6. The fraction of sp³-hybridized carbons (Fsp3) is 0.714. The van der Waals surface area contributed by atoms with E-state index in [0.29, 0.717) is 18.1 Å². The first-order valence-corrected chi connectivity index (χ1v) is 19.7. The Morgan fingerprint density at radius 2 is 1.32 bits per heavy atom. The van der Waals surface area contributed by atoms with Crippen molar-refractivity contribution in [1.82, 2.24) is 9.55 Å². The third kappa shape index (κ3) is 13.5. The van der Waals surface area contributed by atoms with Crippen molar-refractivity contribution in [2.24, 2.45) is 0 Å². The molecule has 1 aromatic carbocycles. The second-order valence-electron chi connectivity index (χ2n) is 12.9. The molecule has 11 nitrogen and oxygen atoms in total. The number of nitrogens with two attached hydrogens (primary N) is 1. The summed E-state index contributed by atoms with van der Waals surface area (Å²) in [5, 5.41) is 0. The van der Waals surface area contributed by atoms with Crippen molar-refractivity contribution < 1.29 is 23.8 Å². The second-order valence-corrected chi connectivity index (χ2v) is 14.5. The van der Waals surface area contributed by atoms with Gasteiger partial charge in [0.15, 0.2) is 17.9 Å². The van der Waals surface area contributed by atoms with Crippen molar-refractivity contribution in [2.45, 2.75) is 143 Å². The minimum absolute atomic E-state index is 0.0494. The van der Waals surface area contributed by atoms with Crippen LogP contribution in [0.2, 0.25) is 0 Å². The topological polar surface area (TPSA) is 143 Å². The molecule has 266 valence electrons. The van der Waals surface area contributed by atoms with E-state index in [4.69, 9.17) is 15.2 Å². The molecule has 12 heteroatoms. The number of fused-ring (bicyclic) bond motifs is 1. The average Bonchev–Trinajstić information content (AvgIpc) is 3.43. The van der Waals surface area contributed by atoms with Gasteiger partial charge in [-0.1, -0.05) is 134 Å². The van der Waals surface area contributed by atoms with Crippen molar-refractivity contribution in [1.29, 1.82) is 0 Å². The zero-order valence-corrected chi connectivity index (χ0v) is 29.9. The molecule has 1 aromatic heterocycles. The van der Waals surface area contributed by atoms with Crippen LogP contribution in [0.25, 0.3) is 0 Å². The number of anilines is 3. The zero-order chi connectivity index (χ0) is 34.1. The van der Waals surface area contributed by atoms with Crippen LogP contribution >= 0.6 is 7.60 Å². The number of rotatable bonds is 25. The first kappa shape index (κ1) is 39.0. The third-order valence-corrected chi connectivity index (χ3v) is 9.41. The highest BCUT2D eigenvalue weighted by molar-refractivity contribution is 7.51. The summed E-state index contributed by atoms with van der Waals surface area (Å²) in [6.45, 7) is 6.87. The number of hydrogen-bond donors (Lipinski definition) is 3.